The third kappa shape index (κ3) is 6.47. The zero-order valence-corrected chi connectivity index (χ0v) is 21.4. The minimum atomic E-state index is -4.76. The Bertz CT molecular complexity index is 1270. The number of aliphatic carboxylic acids is 1. The molecule has 4 rings (SSSR count). The smallest absolute Gasteiger partial charge is 0.496 e. The van der Waals surface area contributed by atoms with Gasteiger partial charge in [-0.15, -0.1) is 13.2 Å². The van der Waals surface area contributed by atoms with Gasteiger partial charge < -0.3 is 24.5 Å². The first-order valence-corrected chi connectivity index (χ1v) is 12.3. The van der Waals surface area contributed by atoms with Crippen LogP contribution in [-0.4, -0.2) is 34.1 Å². The summed E-state index contributed by atoms with van der Waals surface area (Å²) >= 11 is 0. The predicted octanol–water partition coefficient (Wildman–Crippen LogP) is 7.09. The van der Waals surface area contributed by atoms with E-state index in [0.717, 1.165) is 30.3 Å². The van der Waals surface area contributed by atoms with E-state index >= 15 is 0 Å². The zero-order chi connectivity index (χ0) is 27.0. The molecule has 0 radical (unpaired) electrons. The lowest BCUT2D eigenvalue weighted by Gasteiger charge is -2.40. The number of halogens is 3. The molecule has 2 N–H and O–H groups in total. The molecule has 0 bridgehead atoms. The summed E-state index contributed by atoms with van der Waals surface area (Å²) in [6.07, 6.45) is -1.50. The van der Waals surface area contributed by atoms with Crippen LogP contribution >= 0.6 is 0 Å². The van der Waals surface area contributed by atoms with E-state index in [1.54, 1.807) is 7.11 Å². The molecular weight excluding hydrogens is 487 g/mol. The normalized spacial score (nSPS) is 19.5. The van der Waals surface area contributed by atoms with E-state index in [1.165, 1.54) is 24.3 Å². The Morgan fingerprint density at radius 2 is 1.92 bits per heavy atom. The van der Waals surface area contributed by atoms with Crippen LogP contribution < -0.4 is 14.8 Å². The number of nitrogens with zero attached hydrogens (tertiary/aromatic N) is 2. The maximum atomic E-state index is 12.6. The second-order valence-electron chi connectivity index (χ2n) is 10.6. The number of benzene rings is 2. The van der Waals surface area contributed by atoms with Crippen LogP contribution in [0.3, 0.4) is 0 Å². The van der Waals surface area contributed by atoms with Gasteiger partial charge in [0, 0.05) is 24.2 Å². The summed E-state index contributed by atoms with van der Waals surface area (Å²) in [5.74, 6) is 0.452. The van der Waals surface area contributed by atoms with E-state index in [4.69, 9.17) is 14.8 Å². The van der Waals surface area contributed by atoms with Crippen molar-refractivity contribution >= 4 is 28.6 Å². The number of methoxy groups -OCH3 is 1. The predicted molar refractivity (Wildman–Crippen MR) is 134 cm³/mol. The topological polar surface area (TPSA) is 85.6 Å². The van der Waals surface area contributed by atoms with Gasteiger partial charge in [-0.3, -0.25) is 4.79 Å². The second-order valence-corrected chi connectivity index (χ2v) is 10.6. The van der Waals surface area contributed by atoms with Gasteiger partial charge in [-0.25, -0.2) is 4.98 Å². The number of imidazole rings is 1. The fourth-order valence-corrected chi connectivity index (χ4v) is 5.61. The van der Waals surface area contributed by atoms with Crippen LogP contribution in [0.1, 0.15) is 58.1 Å². The number of rotatable bonds is 8. The fourth-order valence-electron chi connectivity index (χ4n) is 5.61. The van der Waals surface area contributed by atoms with Crippen molar-refractivity contribution in [3.63, 3.8) is 0 Å². The minimum Gasteiger partial charge on any atom is -0.496 e. The van der Waals surface area contributed by atoms with Crippen LogP contribution in [0.15, 0.2) is 36.4 Å². The van der Waals surface area contributed by atoms with Crippen molar-refractivity contribution in [1.82, 2.24) is 9.55 Å². The highest BCUT2D eigenvalue weighted by molar-refractivity contribution is 5.83. The number of carboxylic acids is 1. The van der Waals surface area contributed by atoms with E-state index < -0.39 is 12.3 Å². The molecule has 3 aromatic rings. The van der Waals surface area contributed by atoms with Crippen molar-refractivity contribution in [2.75, 3.05) is 12.4 Å². The maximum Gasteiger partial charge on any atom is 0.573 e. The first-order valence-electron chi connectivity index (χ1n) is 12.3. The zero-order valence-electron chi connectivity index (χ0n) is 21.4. The molecule has 2 unspecified atom stereocenters. The Hall–Kier alpha value is -3.43. The molecule has 1 fully saturated rings. The number of fused-ring (bicyclic) bond motifs is 1. The van der Waals surface area contributed by atoms with Gasteiger partial charge in [0.15, 0.2) is 0 Å². The fraction of sp³-hybridized carbons (Fsp3) is 0.481. The van der Waals surface area contributed by atoms with Gasteiger partial charge in [0.25, 0.3) is 0 Å². The standard InChI is InChI=1S/C27H32F3N3O4/c1-16-11-19(15-26(2,3)14-16)33-22-13-23(36-4)17(5-10-24(34)35)12-21(22)32-25(33)31-18-6-8-20(9-7-18)37-27(28,29)30/h6-9,12-13,16,19H,5,10-11,14-15H2,1-4H3,(H,31,32)(H,34,35). The summed E-state index contributed by atoms with van der Waals surface area (Å²) in [6.45, 7) is 6.75. The number of carbonyl (C=O) groups is 1. The molecule has 0 aliphatic heterocycles. The van der Waals surface area contributed by atoms with Crippen LogP contribution in [0.5, 0.6) is 11.5 Å². The molecule has 1 aliphatic carbocycles. The largest absolute Gasteiger partial charge is 0.573 e. The number of ether oxygens (including phenoxy) is 2. The van der Waals surface area contributed by atoms with Gasteiger partial charge >= 0.3 is 12.3 Å². The molecular formula is C27H32F3N3O4. The Morgan fingerprint density at radius 1 is 1.22 bits per heavy atom. The molecule has 0 amide bonds. The lowest BCUT2D eigenvalue weighted by atomic mass is 9.70. The third-order valence-corrected chi connectivity index (χ3v) is 6.77. The highest BCUT2D eigenvalue weighted by atomic mass is 19.4. The van der Waals surface area contributed by atoms with Gasteiger partial charge in [-0.2, -0.15) is 0 Å². The maximum absolute atomic E-state index is 12.6. The molecule has 2 atom stereocenters. The molecule has 37 heavy (non-hydrogen) atoms. The van der Waals surface area contributed by atoms with Crippen LogP contribution in [-0.2, 0) is 11.2 Å². The van der Waals surface area contributed by atoms with E-state index in [1.807, 2.05) is 12.1 Å². The minimum absolute atomic E-state index is 0.0334. The van der Waals surface area contributed by atoms with Gasteiger partial charge in [-0.1, -0.05) is 20.8 Å². The van der Waals surface area contributed by atoms with Gasteiger partial charge in [0.2, 0.25) is 5.95 Å². The number of hydrogen-bond donors (Lipinski definition) is 2. The Labute approximate surface area is 213 Å². The van der Waals surface area contributed by atoms with Crippen LogP contribution in [0.25, 0.3) is 11.0 Å². The molecule has 1 aromatic heterocycles. The van der Waals surface area contributed by atoms with E-state index in [0.29, 0.717) is 35.2 Å². The van der Waals surface area contributed by atoms with Gasteiger partial charge in [0.05, 0.1) is 18.1 Å². The quantitative estimate of drug-likeness (QED) is 0.330. The number of nitrogens with one attached hydrogen (secondary N) is 1. The number of carboxylic acid groups (broad SMARTS) is 1. The highest BCUT2D eigenvalue weighted by Crippen LogP contribution is 2.46. The number of aryl methyl sites for hydroxylation is 1. The number of hydrogen-bond acceptors (Lipinski definition) is 5. The molecule has 200 valence electrons. The Kier molecular flexibility index (Phi) is 7.30. The van der Waals surface area contributed by atoms with E-state index in [9.17, 15) is 18.0 Å². The summed E-state index contributed by atoms with van der Waals surface area (Å²) in [6, 6.07) is 9.42. The molecule has 2 aromatic carbocycles. The van der Waals surface area contributed by atoms with Crippen molar-refractivity contribution in [2.24, 2.45) is 11.3 Å². The van der Waals surface area contributed by atoms with Gasteiger partial charge in [0.1, 0.15) is 11.5 Å². The number of aromatic nitrogens is 2. The molecule has 0 saturated heterocycles. The first kappa shape index (κ1) is 26.6. The SMILES string of the molecule is COc1cc2c(cc1CCC(=O)O)nc(Nc1ccc(OC(F)(F)F)cc1)n2C1CC(C)CC(C)(C)C1. The first-order chi connectivity index (χ1) is 17.3. The van der Waals surface area contributed by atoms with Crippen LogP contribution in [0, 0.1) is 11.3 Å². The monoisotopic (exact) mass is 519 g/mol. The van der Waals surface area contributed by atoms with Crippen molar-refractivity contribution in [1.29, 1.82) is 0 Å². The van der Waals surface area contributed by atoms with E-state index in [-0.39, 0.29) is 23.6 Å². The van der Waals surface area contributed by atoms with Crippen molar-refractivity contribution < 1.29 is 32.5 Å². The van der Waals surface area contributed by atoms with Crippen LogP contribution in [0.2, 0.25) is 0 Å². The summed E-state index contributed by atoms with van der Waals surface area (Å²) in [7, 11) is 1.56. The van der Waals surface area contributed by atoms with Crippen molar-refractivity contribution in [3.8, 4) is 11.5 Å². The van der Waals surface area contributed by atoms with E-state index in [2.05, 4.69) is 35.4 Å². The van der Waals surface area contributed by atoms with Crippen molar-refractivity contribution in [3.05, 3.63) is 42.0 Å². The summed E-state index contributed by atoms with van der Waals surface area (Å²) in [5, 5.41) is 12.4. The van der Waals surface area contributed by atoms with Gasteiger partial charge in [-0.05, 0) is 72.9 Å². The summed E-state index contributed by atoms with van der Waals surface area (Å²) in [4.78, 5) is 16.0. The highest BCUT2D eigenvalue weighted by Gasteiger charge is 2.35. The van der Waals surface area contributed by atoms with Crippen LogP contribution in [0.4, 0.5) is 24.8 Å². The molecule has 1 saturated carbocycles. The van der Waals surface area contributed by atoms with Crippen molar-refractivity contribution in [2.45, 2.75) is 65.3 Å². The average molecular weight is 520 g/mol. The Morgan fingerprint density at radius 3 is 2.51 bits per heavy atom. The lowest BCUT2D eigenvalue weighted by Crippen LogP contribution is -2.29. The number of alkyl halides is 3. The molecule has 1 heterocycles. The third-order valence-electron chi connectivity index (χ3n) is 6.77. The lowest BCUT2D eigenvalue weighted by molar-refractivity contribution is -0.274. The Balaban J connectivity index is 1.77. The second kappa shape index (κ2) is 10.1. The molecule has 0 spiro atoms. The summed E-state index contributed by atoms with van der Waals surface area (Å²) in [5.41, 5.74) is 2.98. The summed E-state index contributed by atoms with van der Waals surface area (Å²) < 4.78 is 49.4. The molecule has 10 heteroatoms. The molecule has 1 aliphatic rings. The average Bonchev–Trinajstić information content (AvgIpc) is 3.12. The number of anilines is 2. The molecule has 7 nitrogen and oxygen atoms in total.